The Morgan fingerprint density at radius 1 is 0.950 bits per heavy atom. The Kier molecular flexibility index (Phi) is 6.79. The zero-order valence-corrected chi connectivity index (χ0v) is 21.8. The second kappa shape index (κ2) is 10.7. The normalized spacial score (nSPS) is 11.2. The topological polar surface area (TPSA) is 79.8 Å². The van der Waals surface area contributed by atoms with E-state index in [0.717, 1.165) is 50.3 Å². The molecule has 0 bridgehead atoms. The van der Waals surface area contributed by atoms with Crippen LogP contribution in [0.5, 0.6) is 0 Å². The molecule has 4 aromatic heterocycles. The highest BCUT2D eigenvalue weighted by Gasteiger charge is 2.14. The van der Waals surface area contributed by atoms with Crippen LogP contribution in [0, 0.1) is 11.6 Å². The average molecular weight is 553 g/mol. The molecular formula is C31H22F2N4O2S. The van der Waals surface area contributed by atoms with E-state index in [1.165, 1.54) is 22.9 Å². The van der Waals surface area contributed by atoms with E-state index in [1.54, 1.807) is 17.4 Å². The quantitative estimate of drug-likeness (QED) is 0.241. The van der Waals surface area contributed by atoms with Crippen LogP contribution in [0.4, 0.5) is 8.78 Å². The molecule has 0 aliphatic carbocycles. The first-order valence-electron chi connectivity index (χ1n) is 12.5. The SMILES string of the molecule is O=C(NCc1cccc(-c2c[nH]c3ncc(-c4cccs4)cc23)c1)c1cccn(Cc2ccc(F)c(F)c2)c1=O. The second-order valence-electron chi connectivity index (χ2n) is 9.29. The molecule has 0 fully saturated rings. The second-order valence-corrected chi connectivity index (χ2v) is 10.2. The van der Waals surface area contributed by atoms with Crippen molar-refractivity contribution in [3.05, 3.63) is 135 Å². The van der Waals surface area contributed by atoms with Gasteiger partial charge < -0.3 is 14.9 Å². The van der Waals surface area contributed by atoms with E-state index in [4.69, 9.17) is 0 Å². The highest BCUT2D eigenvalue weighted by atomic mass is 32.1. The molecule has 0 saturated heterocycles. The van der Waals surface area contributed by atoms with Gasteiger partial charge in [0.05, 0.1) is 6.54 Å². The van der Waals surface area contributed by atoms with Crippen molar-refractivity contribution in [2.24, 2.45) is 0 Å². The number of hydrogen-bond donors (Lipinski definition) is 2. The lowest BCUT2D eigenvalue weighted by Gasteiger charge is -2.10. The fourth-order valence-electron chi connectivity index (χ4n) is 4.62. The fraction of sp³-hybridized carbons (Fsp3) is 0.0645. The molecule has 0 unspecified atom stereocenters. The maximum absolute atomic E-state index is 13.6. The smallest absolute Gasteiger partial charge is 0.263 e. The fourth-order valence-corrected chi connectivity index (χ4v) is 5.32. The zero-order valence-electron chi connectivity index (χ0n) is 21.0. The van der Waals surface area contributed by atoms with E-state index in [2.05, 4.69) is 27.4 Å². The van der Waals surface area contributed by atoms with Gasteiger partial charge in [-0.25, -0.2) is 13.8 Å². The van der Waals surface area contributed by atoms with Crippen LogP contribution >= 0.6 is 11.3 Å². The Morgan fingerprint density at radius 2 is 1.85 bits per heavy atom. The van der Waals surface area contributed by atoms with E-state index in [9.17, 15) is 18.4 Å². The minimum atomic E-state index is -0.992. The molecule has 0 aliphatic rings. The molecule has 0 aliphatic heterocycles. The number of aromatic amines is 1. The summed E-state index contributed by atoms with van der Waals surface area (Å²) in [6, 6.07) is 20.5. The average Bonchev–Trinajstić information content (AvgIpc) is 3.65. The highest BCUT2D eigenvalue weighted by molar-refractivity contribution is 7.13. The molecule has 40 heavy (non-hydrogen) atoms. The lowest BCUT2D eigenvalue weighted by Crippen LogP contribution is -2.32. The van der Waals surface area contributed by atoms with Crippen LogP contribution in [0.15, 0.2) is 102 Å². The predicted molar refractivity (Wildman–Crippen MR) is 152 cm³/mol. The van der Waals surface area contributed by atoms with Crippen LogP contribution in [0.2, 0.25) is 0 Å². The van der Waals surface area contributed by atoms with Crippen molar-refractivity contribution in [2.75, 3.05) is 0 Å². The van der Waals surface area contributed by atoms with E-state index in [1.807, 2.05) is 48.1 Å². The van der Waals surface area contributed by atoms with Crippen molar-refractivity contribution < 1.29 is 13.6 Å². The number of amides is 1. The molecule has 0 saturated carbocycles. The van der Waals surface area contributed by atoms with E-state index in [0.29, 0.717) is 5.56 Å². The van der Waals surface area contributed by atoms with Gasteiger partial charge in [0.1, 0.15) is 11.2 Å². The zero-order chi connectivity index (χ0) is 27.6. The minimum Gasteiger partial charge on any atom is -0.348 e. The minimum absolute atomic E-state index is 0.00682. The predicted octanol–water partition coefficient (Wildman–Crippen LogP) is 6.38. The standard InChI is InChI=1S/C31H22F2N4O2S/c32-26-9-8-20(13-27(26)33)18-37-10-2-6-23(31(37)39)30(38)36-15-19-4-1-5-21(12-19)25-17-35-29-24(25)14-22(16-34-29)28-7-3-11-40-28/h1-14,16-17H,15,18H2,(H,34,35)(H,36,38). The lowest BCUT2D eigenvalue weighted by atomic mass is 10.0. The first-order valence-corrected chi connectivity index (χ1v) is 13.4. The molecule has 6 rings (SSSR count). The van der Waals surface area contributed by atoms with Crippen molar-refractivity contribution in [3.63, 3.8) is 0 Å². The molecule has 1 amide bonds. The number of carbonyl (C=O) groups excluding carboxylic acids is 1. The van der Waals surface area contributed by atoms with Gasteiger partial charge in [0, 0.05) is 46.5 Å². The van der Waals surface area contributed by atoms with Gasteiger partial charge in [-0.3, -0.25) is 9.59 Å². The Hall–Kier alpha value is -4.89. The monoisotopic (exact) mass is 552 g/mol. The number of thiophene rings is 1. The van der Waals surface area contributed by atoms with Crippen LogP contribution in [0.1, 0.15) is 21.5 Å². The molecule has 198 valence electrons. The number of fused-ring (bicyclic) bond motifs is 1. The van der Waals surface area contributed by atoms with Crippen molar-refractivity contribution in [1.29, 1.82) is 0 Å². The molecule has 0 atom stereocenters. The number of nitrogens with zero attached hydrogens (tertiary/aromatic N) is 2. The summed E-state index contributed by atoms with van der Waals surface area (Å²) in [6.07, 6.45) is 5.28. The summed E-state index contributed by atoms with van der Waals surface area (Å²) >= 11 is 1.66. The number of pyridine rings is 2. The number of benzene rings is 2. The third-order valence-electron chi connectivity index (χ3n) is 6.63. The largest absolute Gasteiger partial charge is 0.348 e. The van der Waals surface area contributed by atoms with Crippen LogP contribution < -0.4 is 10.9 Å². The molecule has 6 nitrogen and oxygen atoms in total. The van der Waals surface area contributed by atoms with Gasteiger partial charge in [-0.2, -0.15) is 0 Å². The van der Waals surface area contributed by atoms with Gasteiger partial charge >= 0.3 is 0 Å². The van der Waals surface area contributed by atoms with Crippen LogP contribution in [-0.4, -0.2) is 20.4 Å². The number of nitrogens with one attached hydrogen (secondary N) is 2. The third-order valence-corrected chi connectivity index (χ3v) is 7.55. The summed E-state index contributed by atoms with van der Waals surface area (Å²) in [5.41, 5.74) is 4.51. The molecule has 2 N–H and O–H groups in total. The Bertz CT molecular complexity index is 1910. The van der Waals surface area contributed by atoms with E-state index < -0.39 is 23.1 Å². The molecule has 9 heteroatoms. The van der Waals surface area contributed by atoms with Gasteiger partial charge in [-0.1, -0.05) is 30.3 Å². The van der Waals surface area contributed by atoms with Gasteiger partial charge in [0.25, 0.3) is 11.5 Å². The van der Waals surface area contributed by atoms with Crippen LogP contribution in [0.25, 0.3) is 32.6 Å². The Labute approximate surface area is 231 Å². The van der Waals surface area contributed by atoms with Gasteiger partial charge in [-0.05, 0) is 64.5 Å². The maximum atomic E-state index is 13.6. The van der Waals surface area contributed by atoms with Gasteiger partial charge in [-0.15, -0.1) is 11.3 Å². The first-order chi connectivity index (χ1) is 19.5. The Morgan fingerprint density at radius 3 is 2.67 bits per heavy atom. The summed E-state index contributed by atoms with van der Waals surface area (Å²) in [4.78, 5) is 34.8. The van der Waals surface area contributed by atoms with E-state index >= 15 is 0 Å². The van der Waals surface area contributed by atoms with Gasteiger partial charge in [0.2, 0.25) is 0 Å². The van der Waals surface area contributed by atoms with Crippen molar-refractivity contribution in [1.82, 2.24) is 19.9 Å². The van der Waals surface area contributed by atoms with Crippen LogP contribution in [-0.2, 0) is 13.1 Å². The summed E-state index contributed by atoms with van der Waals surface area (Å²) < 4.78 is 28.1. The number of carbonyl (C=O) groups is 1. The van der Waals surface area contributed by atoms with Crippen molar-refractivity contribution in [3.8, 4) is 21.6 Å². The number of rotatable bonds is 7. The summed E-state index contributed by atoms with van der Waals surface area (Å²) in [6.45, 7) is 0.220. The number of aromatic nitrogens is 3. The molecule has 0 radical (unpaired) electrons. The number of halogens is 2. The van der Waals surface area contributed by atoms with E-state index in [-0.39, 0.29) is 18.7 Å². The summed E-state index contributed by atoms with van der Waals surface area (Å²) in [7, 11) is 0. The molecule has 2 aromatic carbocycles. The molecule has 4 heterocycles. The lowest BCUT2D eigenvalue weighted by molar-refractivity contribution is 0.0948. The molecule has 6 aromatic rings. The molecule has 0 spiro atoms. The number of hydrogen-bond acceptors (Lipinski definition) is 4. The van der Waals surface area contributed by atoms with Gasteiger partial charge in [0.15, 0.2) is 11.6 Å². The maximum Gasteiger partial charge on any atom is 0.263 e. The first kappa shape index (κ1) is 25.4. The van der Waals surface area contributed by atoms with Crippen LogP contribution in [0.3, 0.4) is 0 Å². The molecular weight excluding hydrogens is 530 g/mol. The summed E-state index contributed by atoms with van der Waals surface area (Å²) in [5, 5.41) is 5.85. The highest BCUT2D eigenvalue weighted by Crippen LogP contribution is 2.32. The Balaban J connectivity index is 1.20. The third kappa shape index (κ3) is 5.06. The summed E-state index contributed by atoms with van der Waals surface area (Å²) in [5.74, 6) is -2.47. The van der Waals surface area contributed by atoms with Crippen molar-refractivity contribution >= 4 is 28.3 Å². The van der Waals surface area contributed by atoms with Crippen molar-refractivity contribution in [2.45, 2.75) is 13.1 Å². The number of H-pyrrole nitrogens is 1.